The van der Waals surface area contributed by atoms with Gasteiger partial charge in [-0.15, -0.1) is 0 Å². The first-order valence-corrected chi connectivity index (χ1v) is 3.00. The topological polar surface area (TPSA) is 74.6 Å². The Kier molecular flexibility index (Phi) is 56.8. The van der Waals surface area contributed by atoms with E-state index in [9.17, 15) is 4.11 Å². The van der Waals surface area contributed by atoms with E-state index in [1.807, 2.05) is 0 Å². The maximum Gasteiger partial charge on any atom is 1.00 e. The minimum absolute atomic E-state index is 0. The van der Waals surface area contributed by atoms with Crippen LogP contribution in [0.5, 0.6) is 0 Å². The van der Waals surface area contributed by atoms with Crippen molar-refractivity contribution >= 4 is 17.9 Å². The van der Waals surface area contributed by atoms with Crippen molar-refractivity contribution in [1.82, 2.24) is 0 Å². The molecular formula is H3CuFNaO4PSi. The van der Waals surface area contributed by atoms with Gasteiger partial charge in [0.2, 0.25) is 0 Å². The standard InChI is InChI=1S/Cu.FHO2Si.Na.HO2P.H/c;1-4(2)3;;1-3-2;/h;2H;;(H,1,2);/q;;+1;;-1. The van der Waals surface area contributed by atoms with Gasteiger partial charge in [-0.2, -0.15) is 4.11 Å². The third kappa shape index (κ3) is 285. The Morgan fingerprint density at radius 1 is 1.67 bits per heavy atom. The van der Waals surface area contributed by atoms with Crippen LogP contribution in [0.3, 0.4) is 0 Å². The fraction of sp³-hybridized carbons (Fsp3) is 0. The van der Waals surface area contributed by atoms with Crippen LogP contribution in [-0.4, -0.2) is 18.9 Å². The molecule has 2 N–H and O–H groups in total. The molecular weight excluding hydrogens is 229 g/mol. The minimum Gasteiger partial charge on any atom is -1.00 e. The molecule has 0 aromatic carbocycles. The zero-order valence-corrected chi connectivity index (χ0v) is 9.17. The average Bonchev–Trinajstić information content (AvgIpc) is 1.33. The third-order valence-corrected chi connectivity index (χ3v) is 0. The molecule has 0 amide bonds. The van der Waals surface area contributed by atoms with Gasteiger partial charge in [0.1, 0.15) is 0 Å². The zero-order chi connectivity index (χ0) is 6.28. The van der Waals surface area contributed by atoms with Crippen LogP contribution < -0.4 is 29.6 Å². The first-order valence-electron chi connectivity index (χ1n) is 0.999. The van der Waals surface area contributed by atoms with Crippen LogP contribution in [0, 0.1) is 0 Å². The van der Waals surface area contributed by atoms with Gasteiger partial charge in [-0.1, -0.05) is 0 Å². The molecule has 4 nitrogen and oxygen atoms in total. The van der Waals surface area contributed by atoms with E-state index < -0.39 is 17.9 Å². The molecule has 55 valence electrons. The van der Waals surface area contributed by atoms with Crippen molar-refractivity contribution in [3.63, 3.8) is 0 Å². The Hall–Kier alpha value is 1.33. The molecule has 0 unspecified atom stereocenters. The van der Waals surface area contributed by atoms with Crippen LogP contribution in [0.2, 0.25) is 0 Å². The second kappa shape index (κ2) is 22.8. The number of rotatable bonds is 0. The van der Waals surface area contributed by atoms with Crippen LogP contribution in [0.1, 0.15) is 1.43 Å². The molecule has 0 aliphatic rings. The third-order valence-electron chi connectivity index (χ3n) is 0. The first-order chi connectivity index (χ1) is 3.15. The van der Waals surface area contributed by atoms with E-state index in [1.165, 1.54) is 0 Å². The van der Waals surface area contributed by atoms with Gasteiger partial charge >= 0.3 is 47.5 Å². The van der Waals surface area contributed by atoms with E-state index in [0.29, 0.717) is 0 Å². The molecule has 0 saturated carbocycles. The van der Waals surface area contributed by atoms with Crippen molar-refractivity contribution in [2.45, 2.75) is 0 Å². The van der Waals surface area contributed by atoms with E-state index in [1.54, 1.807) is 0 Å². The van der Waals surface area contributed by atoms with E-state index in [-0.39, 0.29) is 48.1 Å². The van der Waals surface area contributed by atoms with Crippen molar-refractivity contribution in [2.24, 2.45) is 0 Å². The molecule has 9 heteroatoms. The summed E-state index contributed by atoms with van der Waals surface area (Å²) in [6, 6.07) is 0. The number of halogens is 1. The Morgan fingerprint density at radius 2 is 1.67 bits per heavy atom. The summed E-state index contributed by atoms with van der Waals surface area (Å²) in [6.45, 7) is 0. The van der Waals surface area contributed by atoms with Gasteiger partial charge in [0.05, 0.1) is 0 Å². The van der Waals surface area contributed by atoms with Crippen LogP contribution in [-0.2, 0) is 26.1 Å². The molecule has 0 bridgehead atoms. The summed E-state index contributed by atoms with van der Waals surface area (Å²) < 4.78 is 27.1. The summed E-state index contributed by atoms with van der Waals surface area (Å²) in [7, 11) is -4.46. The summed E-state index contributed by atoms with van der Waals surface area (Å²) in [5, 5.41) is 0. The predicted molar refractivity (Wildman–Crippen MR) is 20.7 cm³/mol. The van der Waals surface area contributed by atoms with Crippen molar-refractivity contribution < 1.29 is 70.9 Å². The summed E-state index contributed by atoms with van der Waals surface area (Å²) >= 11 is 0. The van der Waals surface area contributed by atoms with Crippen LogP contribution in [0.15, 0.2) is 0 Å². The molecule has 0 fully saturated rings. The summed E-state index contributed by atoms with van der Waals surface area (Å²) in [5.41, 5.74) is 0. The molecule has 0 aliphatic carbocycles. The Balaban J connectivity index is -0.0000000131. The molecule has 0 rings (SSSR count). The molecule has 0 heterocycles. The molecule has 1 radical (unpaired) electrons. The van der Waals surface area contributed by atoms with Gasteiger partial charge in [0.25, 0.3) is 0 Å². The maximum atomic E-state index is 10.1. The fourth-order valence-electron chi connectivity index (χ4n) is 0. The minimum atomic E-state index is -3.63. The maximum absolute atomic E-state index is 10.1. The van der Waals surface area contributed by atoms with Crippen molar-refractivity contribution in [2.75, 3.05) is 0 Å². The number of hydrogen-bond donors (Lipinski definition) is 2. The van der Waals surface area contributed by atoms with Gasteiger partial charge in [-0.3, -0.25) is 4.46 Å². The summed E-state index contributed by atoms with van der Waals surface area (Å²) in [5.74, 6) is 0. The SMILES string of the molecule is O=PO.O=[Si](O)F.[Cu].[H-].[Na+]. The van der Waals surface area contributed by atoms with E-state index in [4.69, 9.17) is 18.7 Å². The van der Waals surface area contributed by atoms with Crippen molar-refractivity contribution in [1.29, 1.82) is 0 Å². The Labute approximate surface area is 88.3 Å². The summed E-state index contributed by atoms with van der Waals surface area (Å²) in [6.07, 6.45) is 0. The Morgan fingerprint density at radius 3 is 1.67 bits per heavy atom. The fourth-order valence-corrected chi connectivity index (χ4v) is 0. The second-order valence-corrected chi connectivity index (χ2v) is 1.00. The van der Waals surface area contributed by atoms with Crippen molar-refractivity contribution in [3.05, 3.63) is 0 Å². The smallest absolute Gasteiger partial charge is 1.00 e. The van der Waals surface area contributed by atoms with Crippen LogP contribution in [0.25, 0.3) is 0 Å². The number of hydrogen-bond acceptors (Lipinski definition) is 2. The first kappa shape index (κ1) is 22.4. The molecule has 0 atom stereocenters. The molecule has 0 spiro atoms. The monoisotopic (exact) mass is 231 g/mol. The largest absolute Gasteiger partial charge is 1.00 e. The van der Waals surface area contributed by atoms with E-state index in [0.717, 1.165) is 0 Å². The van der Waals surface area contributed by atoms with Gasteiger partial charge in [-0.25, -0.2) is 4.57 Å². The molecule has 0 aromatic rings. The normalized spacial score (nSPS) is 5.11. The molecule has 0 saturated heterocycles. The molecule has 0 aromatic heterocycles. The van der Waals surface area contributed by atoms with Gasteiger partial charge in [0, 0.05) is 17.1 Å². The van der Waals surface area contributed by atoms with E-state index >= 15 is 0 Å². The van der Waals surface area contributed by atoms with Gasteiger partial charge in [0.15, 0.2) is 0 Å². The summed E-state index contributed by atoms with van der Waals surface area (Å²) in [4.78, 5) is 13.9. The zero-order valence-electron chi connectivity index (χ0n) is 5.34. The second-order valence-electron chi connectivity index (χ2n) is 0.335. The molecule has 9 heavy (non-hydrogen) atoms. The predicted octanol–water partition coefficient (Wildman–Crippen LogP) is -3.34. The quantitative estimate of drug-likeness (QED) is 0.260. The van der Waals surface area contributed by atoms with Crippen LogP contribution in [0.4, 0.5) is 4.11 Å². The van der Waals surface area contributed by atoms with Crippen LogP contribution >= 0.6 is 8.69 Å². The van der Waals surface area contributed by atoms with Gasteiger partial charge in [-0.05, 0) is 0 Å². The average molecular weight is 232 g/mol. The van der Waals surface area contributed by atoms with Gasteiger partial charge < -0.3 is 11.1 Å². The van der Waals surface area contributed by atoms with E-state index in [2.05, 4.69) is 0 Å². The Bertz CT molecular complexity index is 72.3. The molecule has 0 aliphatic heterocycles. The van der Waals surface area contributed by atoms with Crippen molar-refractivity contribution in [3.8, 4) is 0 Å².